The SMILES string of the molecule is O=C(CCOc1cc(Br)ccc1Cl)NC1CC1. The first kappa shape index (κ1) is 12.7. The van der Waals surface area contributed by atoms with E-state index in [0.717, 1.165) is 17.3 Å². The Morgan fingerprint density at radius 2 is 2.29 bits per heavy atom. The summed E-state index contributed by atoms with van der Waals surface area (Å²) >= 11 is 9.30. The molecular weight excluding hydrogens is 305 g/mol. The molecule has 2 rings (SSSR count). The maximum absolute atomic E-state index is 11.4. The number of carbonyl (C=O) groups excluding carboxylic acids is 1. The molecule has 0 aliphatic heterocycles. The highest BCUT2D eigenvalue weighted by atomic mass is 79.9. The fourth-order valence-electron chi connectivity index (χ4n) is 1.37. The van der Waals surface area contributed by atoms with E-state index in [1.807, 2.05) is 6.07 Å². The van der Waals surface area contributed by atoms with Crippen LogP contribution in [-0.2, 0) is 4.79 Å². The van der Waals surface area contributed by atoms with E-state index in [9.17, 15) is 4.79 Å². The van der Waals surface area contributed by atoms with Crippen molar-refractivity contribution in [2.45, 2.75) is 25.3 Å². The van der Waals surface area contributed by atoms with Gasteiger partial charge in [-0.1, -0.05) is 27.5 Å². The molecule has 0 bridgehead atoms. The van der Waals surface area contributed by atoms with Gasteiger partial charge in [0, 0.05) is 10.5 Å². The van der Waals surface area contributed by atoms with Crippen LogP contribution in [0.3, 0.4) is 0 Å². The lowest BCUT2D eigenvalue weighted by Crippen LogP contribution is -2.26. The Labute approximate surface area is 114 Å². The fraction of sp³-hybridized carbons (Fsp3) is 0.417. The Hall–Kier alpha value is -0.740. The van der Waals surface area contributed by atoms with Crippen molar-refractivity contribution >= 4 is 33.4 Å². The van der Waals surface area contributed by atoms with Crippen LogP contribution in [0.2, 0.25) is 5.02 Å². The minimum Gasteiger partial charge on any atom is -0.491 e. The number of hydrogen-bond donors (Lipinski definition) is 1. The van der Waals surface area contributed by atoms with Gasteiger partial charge in [0.2, 0.25) is 5.91 Å². The number of hydrogen-bond acceptors (Lipinski definition) is 2. The second-order valence-corrected chi connectivity index (χ2v) is 5.34. The maximum atomic E-state index is 11.4. The van der Waals surface area contributed by atoms with Crippen LogP contribution in [0.25, 0.3) is 0 Å². The summed E-state index contributed by atoms with van der Waals surface area (Å²) in [6.07, 6.45) is 2.56. The van der Waals surface area contributed by atoms with Crippen LogP contribution >= 0.6 is 27.5 Å². The molecule has 0 heterocycles. The minimum atomic E-state index is 0.0404. The molecule has 0 saturated heterocycles. The van der Waals surface area contributed by atoms with Crippen LogP contribution < -0.4 is 10.1 Å². The predicted octanol–water partition coefficient (Wildman–Crippen LogP) is 3.15. The Kier molecular flexibility index (Phi) is 4.29. The van der Waals surface area contributed by atoms with E-state index < -0.39 is 0 Å². The maximum Gasteiger partial charge on any atom is 0.223 e. The van der Waals surface area contributed by atoms with Gasteiger partial charge in [-0.05, 0) is 31.0 Å². The largest absolute Gasteiger partial charge is 0.491 e. The summed E-state index contributed by atoms with van der Waals surface area (Å²) in [7, 11) is 0. The number of halogens is 2. The van der Waals surface area contributed by atoms with Crippen LogP contribution in [-0.4, -0.2) is 18.6 Å². The van der Waals surface area contributed by atoms with Gasteiger partial charge in [-0.25, -0.2) is 0 Å². The van der Waals surface area contributed by atoms with Gasteiger partial charge in [0.15, 0.2) is 0 Å². The molecule has 1 aromatic carbocycles. The average Bonchev–Trinajstić information content (AvgIpc) is 3.07. The molecule has 1 saturated carbocycles. The second kappa shape index (κ2) is 5.74. The summed E-state index contributed by atoms with van der Waals surface area (Å²) in [5.74, 6) is 0.638. The van der Waals surface area contributed by atoms with Gasteiger partial charge in [0.05, 0.1) is 18.1 Å². The highest BCUT2D eigenvalue weighted by molar-refractivity contribution is 9.10. The smallest absolute Gasteiger partial charge is 0.223 e. The second-order valence-electron chi connectivity index (χ2n) is 4.01. The molecule has 1 amide bonds. The van der Waals surface area contributed by atoms with Crippen LogP contribution in [0.4, 0.5) is 0 Å². The highest BCUT2D eigenvalue weighted by Crippen LogP contribution is 2.28. The van der Waals surface area contributed by atoms with Crippen molar-refractivity contribution in [3.8, 4) is 5.75 Å². The standard InChI is InChI=1S/C12H13BrClNO2/c13-8-1-4-10(14)11(7-8)17-6-5-12(16)15-9-2-3-9/h1,4,7,9H,2-3,5-6H2,(H,15,16). The van der Waals surface area contributed by atoms with Gasteiger partial charge in [0.1, 0.15) is 5.75 Å². The van der Waals surface area contributed by atoms with Gasteiger partial charge < -0.3 is 10.1 Å². The summed E-state index contributed by atoms with van der Waals surface area (Å²) in [5.41, 5.74) is 0. The summed E-state index contributed by atoms with van der Waals surface area (Å²) in [4.78, 5) is 11.4. The van der Waals surface area contributed by atoms with Gasteiger partial charge in [-0.2, -0.15) is 0 Å². The zero-order valence-electron chi connectivity index (χ0n) is 9.21. The third-order valence-electron chi connectivity index (χ3n) is 2.42. The normalized spacial score (nSPS) is 14.5. The molecule has 92 valence electrons. The molecule has 1 aromatic rings. The zero-order chi connectivity index (χ0) is 12.3. The third kappa shape index (κ3) is 4.21. The van der Waals surface area contributed by atoms with E-state index in [4.69, 9.17) is 16.3 Å². The van der Waals surface area contributed by atoms with E-state index in [1.54, 1.807) is 12.1 Å². The van der Waals surface area contributed by atoms with Crippen molar-refractivity contribution in [3.63, 3.8) is 0 Å². The van der Waals surface area contributed by atoms with Gasteiger partial charge in [-0.3, -0.25) is 4.79 Å². The average molecular weight is 319 g/mol. The Morgan fingerprint density at radius 3 is 3.00 bits per heavy atom. The van der Waals surface area contributed by atoms with Crippen molar-refractivity contribution in [1.82, 2.24) is 5.32 Å². The molecule has 1 aliphatic carbocycles. The fourth-order valence-corrected chi connectivity index (χ4v) is 1.88. The van der Waals surface area contributed by atoms with Gasteiger partial charge in [0.25, 0.3) is 0 Å². The molecule has 1 N–H and O–H groups in total. The molecule has 5 heteroatoms. The van der Waals surface area contributed by atoms with Crippen molar-refractivity contribution in [1.29, 1.82) is 0 Å². The van der Waals surface area contributed by atoms with Crippen molar-refractivity contribution < 1.29 is 9.53 Å². The third-order valence-corrected chi connectivity index (χ3v) is 3.23. The molecule has 17 heavy (non-hydrogen) atoms. The van der Waals surface area contributed by atoms with E-state index in [-0.39, 0.29) is 5.91 Å². The molecule has 0 aromatic heterocycles. The summed E-state index contributed by atoms with van der Waals surface area (Å²) in [6.45, 7) is 0.342. The van der Waals surface area contributed by atoms with E-state index in [2.05, 4.69) is 21.2 Å². The monoisotopic (exact) mass is 317 g/mol. The van der Waals surface area contributed by atoms with E-state index in [1.165, 1.54) is 0 Å². The first-order valence-corrected chi connectivity index (χ1v) is 6.69. The summed E-state index contributed by atoms with van der Waals surface area (Å²) < 4.78 is 6.37. The lowest BCUT2D eigenvalue weighted by Gasteiger charge is -2.08. The molecule has 0 radical (unpaired) electrons. The van der Waals surface area contributed by atoms with E-state index >= 15 is 0 Å². The lowest BCUT2D eigenvalue weighted by atomic mass is 10.3. The zero-order valence-corrected chi connectivity index (χ0v) is 11.6. The van der Waals surface area contributed by atoms with Crippen LogP contribution in [0.1, 0.15) is 19.3 Å². The van der Waals surface area contributed by atoms with Crippen LogP contribution in [0, 0.1) is 0 Å². The predicted molar refractivity (Wildman–Crippen MR) is 70.4 cm³/mol. The molecule has 0 atom stereocenters. The molecule has 3 nitrogen and oxygen atoms in total. The minimum absolute atomic E-state index is 0.0404. The Morgan fingerprint density at radius 1 is 1.53 bits per heavy atom. The van der Waals surface area contributed by atoms with Crippen molar-refractivity contribution in [2.24, 2.45) is 0 Å². The van der Waals surface area contributed by atoms with E-state index in [0.29, 0.717) is 29.8 Å². The number of carbonyl (C=O) groups is 1. The first-order valence-electron chi connectivity index (χ1n) is 5.52. The van der Waals surface area contributed by atoms with Crippen molar-refractivity contribution in [2.75, 3.05) is 6.61 Å². The molecule has 1 fully saturated rings. The molecule has 0 unspecified atom stereocenters. The summed E-state index contributed by atoms with van der Waals surface area (Å²) in [6, 6.07) is 5.79. The van der Waals surface area contributed by atoms with Crippen LogP contribution in [0.5, 0.6) is 5.75 Å². The van der Waals surface area contributed by atoms with Gasteiger partial charge in [-0.15, -0.1) is 0 Å². The number of amides is 1. The molecular formula is C12H13BrClNO2. The quantitative estimate of drug-likeness (QED) is 0.905. The number of benzene rings is 1. The Balaban J connectivity index is 1.76. The van der Waals surface area contributed by atoms with Crippen molar-refractivity contribution in [3.05, 3.63) is 27.7 Å². The highest BCUT2D eigenvalue weighted by Gasteiger charge is 2.22. The molecule has 0 spiro atoms. The van der Waals surface area contributed by atoms with Crippen LogP contribution in [0.15, 0.2) is 22.7 Å². The molecule has 1 aliphatic rings. The number of rotatable bonds is 5. The number of nitrogens with one attached hydrogen (secondary N) is 1. The summed E-state index contributed by atoms with van der Waals surface area (Å²) in [5, 5.41) is 3.46. The topological polar surface area (TPSA) is 38.3 Å². The lowest BCUT2D eigenvalue weighted by molar-refractivity contribution is -0.121. The first-order chi connectivity index (χ1) is 8.15. The van der Waals surface area contributed by atoms with Gasteiger partial charge >= 0.3 is 0 Å². The Bertz CT molecular complexity index is 421. The number of ether oxygens (including phenoxy) is 1.